The molecule has 0 aliphatic heterocycles. The normalized spacial score (nSPS) is 11.4. The number of carboxylic acids is 1. The second kappa shape index (κ2) is 3.85. The van der Waals surface area contributed by atoms with E-state index in [1.165, 1.54) is 0 Å². The summed E-state index contributed by atoms with van der Waals surface area (Å²) in [5.74, 6) is -2.69. The summed E-state index contributed by atoms with van der Waals surface area (Å²) < 4.78 is 12.6. The van der Waals surface area contributed by atoms with Crippen LogP contribution >= 0.6 is 0 Å². The Morgan fingerprint density at radius 1 is 1.54 bits per heavy atom. The molecule has 1 aromatic carbocycles. The number of carboxylic acid groups (broad SMARTS) is 1. The van der Waals surface area contributed by atoms with Crippen molar-refractivity contribution < 1.29 is 14.3 Å². The molecule has 0 saturated heterocycles. The van der Waals surface area contributed by atoms with E-state index in [1.807, 2.05) is 13.0 Å². The highest BCUT2D eigenvalue weighted by Crippen LogP contribution is 2.09. The molecule has 0 atom stereocenters. The van der Waals surface area contributed by atoms with E-state index in [4.69, 9.17) is 5.11 Å². The van der Waals surface area contributed by atoms with Crippen LogP contribution in [0.4, 0.5) is 4.39 Å². The van der Waals surface area contributed by atoms with E-state index in [2.05, 4.69) is 0 Å². The Labute approximate surface area is 75.3 Å². The molecule has 0 spiro atoms. The Kier molecular flexibility index (Phi) is 2.80. The molecule has 68 valence electrons. The van der Waals surface area contributed by atoms with Gasteiger partial charge in [0.15, 0.2) is 0 Å². The van der Waals surface area contributed by atoms with E-state index in [9.17, 15) is 9.18 Å². The maximum absolute atomic E-state index is 12.6. The van der Waals surface area contributed by atoms with Crippen molar-refractivity contribution >= 4 is 12.0 Å². The maximum Gasteiger partial charge on any atom is 0.364 e. The van der Waals surface area contributed by atoms with Crippen LogP contribution in [-0.4, -0.2) is 11.1 Å². The fourth-order valence-corrected chi connectivity index (χ4v) is 0.968. The summed E-state index contributed by atoms with van der Waals surface area (Å²) in [5, 5.41) is 8.27. The standard InChI is InChI=1S/C10H9FO2/c1-7-3-2-4-8(5-7)6-9(11)10(12)13/h2-6H,1H3,(H,12,13). The second-order valence-corrected chi connectivity index (χ2v) is 2.71. The number of halogens is 1. The average Bonchev–Trinajstić information content (AvgIpc) is 2.04. The summed E-state index contributed by atoms with van der Waals surface area (Å²) in [6.07, 6.45) is 0.995. The molecule has 0 fully saturated rings. The van der Waals surface area contributed by atoms with Gasteiger partial charge in [0.05, 0.1) is 0 Å². The van der Waals surface area contributed by atoms with Gasteiger partial charge in [0.1, 0.15) is 0 Å². The van der Waals surface area contributed by atoms with Gasteiger partial charge in [-0.1, -0.05) is 29.8 Å². The van der Waals surface area contributed by atoms with Crippen LogP contribution in [0.1, 0.15) is 11.1 Å². The molecule has 13 heavy (non-hydrogen) atoms. The van der Waals surface area contributed by atoms with Crippen LogP contribution < -0.4 is 0 Å². The summed E-state index contributed by atoms with van der Waals surface area (Å²) in [4.78, 5) is 10.1. The van der Waals surface area contributed by atoms with Gasteiger partial charge in [-0.25, -0.2) is 4.79 Å². The van der Waals surface area contributed by atoms with Gasteiger partial charge < -0.3 is 5.11 Å². The zero-order valence-electron chi connectivity index (χ0n) is 7.12. The first-order valence-corrected chi connectivity index (χ1v) is 3.77. The molecule has 0 unspecified atom stereocenters. The Morgan fingerprint density at radius 3 is 2.77 bits per heavy atom. The van der Waals surface area contributed by atoms with Crippen molar-refractivity contribution in [3.8, 4) is 0 Å². The second-order valence-electron chi connectivity index (χ2n) is 2.71. The van der Waals surface area contributed by atoms with E-state index >= 15 is 0 Å². The number of aliphatic carboxylic acids is 1. The summed E-state index contributed by atoms with van der Waals surface area (Å²) in [6, 6.07) is 6.96. The van der Waals surface area contributed by atoms with Gasteiger partial charge >= 0.3 is 5.97 Å². The monoisotopic (exact) mass is 180 g/mol. The highest BCUT2D eigenvalue weighted by molar-refractivity contribution is 5.89. The molecule has 0 aliphatic carbocycles. The van der Waals surface area contributed by atoms with Crippen LogP contribution in [-0.2, 0) is 4.79 Å². The lowest BCUT2D eigenvalue weighted by molar-refractivity contribution is -0.134. The van der Waals surface area contributed by atoms with Gasteiger partial charge in [0.25, 0.3) is 0 Å². The Morgan fingerprint density at radius 2 is 2.23 bits per heavy atom. The molecule has 1 aromatic rings. The van der Waals surface area contributed by atoms with E-state index in [0.29, 0.717) is 5.56 Å². The first kappa shape index (κ1) is 9.45. The van der Waals surface area contributed by atoms with Crippen molar-refractivity contribution in [3.05, 3.63) is 41.2 Å². The Hall–Kier alpha value is -1.64. The van der Waals surface area contributed by atoms with Crippen molar-refractivity contribution in [1.29, 1.82) is 0 Å². The van der Waals surface area contributed by atoms with Crippen LogP contribution in [0.5, 0.6) is 0 Å². The molecule has 0 aromatic heterocycles. The largest absolute Gasteiger partial charge is 0.476 e. The van der Waals surface area contributed by atoms with Crippen molar-refractivity contribution in [2.75, 3.05) is 0 Å². The highest BCUT2D eigenvalue weighted by Gasteiger charge is 2.04. The van der Waals surface area contributed by atoms with Crippen LogP contribution in [0.3, 0.4) is 0 Å². The number of rotatable bonds is 2. The first-order chi connectivity index (χ1) is 6.09. The first-order valence-electron chi connectivity index (χ1n) is 3.77. The average molecular weight is 180 g/mol. The van der Waals surface area contributed by atoms with E-state index < -0.39 is 11.8 Å². The molecule has 0 aliphatic rings. The third-order valence-electron chi connectivity index (χ3n) is 1.54. The molecule has 0 heterocycles. The topological polar surface area (TPSA) is 37.3 Å². The van der Waals surface area contributed by atoms with E-state index in [0.717, 1.165) is 11.6 Å². The number of carbonyl (C=O) groups is 1. The third-order valence-corrected chi connectivity index (χ3v) is 1.54. The van der Waals surface area contributed by atoms with Gasteiger partial charge in [-0.2, -0.15) is 4.39 Å². The summed E-state index contributed by atoms with van der Waals surface area (Å²) in [7, 11) is 0. The van der Waals surface area contributed by atoms with Gasteiger partial charge in [0, 0.05) is 0 Å². The number of hydrogen-bond donors (Lipinski definition) is 1. The zero-order chi connectivity index (χ0) is 9.84. The lowest BCUT2D eigenvalue weighted by atomic mass is 10.1. The highest BCUT2D eigenvalue weighted by atomic mass is 19.1. The van der Waals surface area contributed by atoms with E-state index in [1.54, 1.807) is 18.2 Å². The van der Waals surface area contributed by atoms with Crippen LogP contribution in [0.15, 0.2) is 30.1 Å². The molecule has 0 saturated carbocycles. The molecule has 1 rings (SSSR count). The Balaban J connectivity index is 2.97. The van der Waals surface area contributed by atoms with Crippen molar-refractivity contribution in [1.82, 2.24) is 0 Å². The van der Waals surface area contributed by atoms with Crippen LogP contribution in [0.25, 0.3) is 6.08 Å². The maximum atomic E-state index is 12.6. The Bertz CT molecular complexity index is 356. The number of benzene rings is 1. The van der Waals surface area contributed by atoms with Crippen molar-refractivity contribution in [3.63, 3.8) is 0 Å². The number of hydrogen-bond acceptors (Lipinski definition) is 1. The minimum Gasteiger partial charge on any atom is -0.476 e. The quantitative estimate of drug-likeness (QED) is 0.709. The van der Waals surface area contributed by atoms with Gasteiger partial charge in [-0.05, 0) is 18.6 Å². The summed E-state index contributed by atoms with van der Waals surface area (Å²) >= 11 is 0. The van der Waals surface area contributed by atoms with E-state index in [-0.39, 0.29) is 0 Å². The summed E-state index contributed by atoms with van der Waals surface area (Å²) in [6.45, 7) is 1.86. The predicted octanol–water partition coefficient (Wildman–Crippen LogP) is 2.39. The lowest BCUT2D eigenvalue weighted by Gasteiger charge is -1.95. The smallest absolute Gasteiger partial charge is 0.364 e. The fourth-order valence-electron chi connectivity index (χ4n) is 0.968. The molecule has 0 amide bonds. The van der Waals surface area contributed by atoms with Crippen LogP contribution in [0.2, 0.25) is 0 Å². The van der Waals surface area contributed by atoms with Crippen molar-refractivity contribution in [2.45, 2.75) is 6.92 Å². The van der Waals surface area contributed by atoms with Gasteiger partial charge in [-0.3, -0.25) is 0 Å². The molecule has 0 bridgehead atoms. The SMILES string of the molecule is Cc1cccc(C=C(F)C(=O)O)c1. The fraction of sp³-hybridized carbons (Fsp3) is 0.100. The zero-order valence-corrected chi connectivity index (χ0v) is 7.12. The molecule has 1 N–H and O–H groups in total. The molecule has 0 radical (unpaired) electrons. The molecule has 2 nitrogen and oxygen atoms in total. The third kappa shape index (κ3) is 2.71. The van der Waals surface area contributed by atoms with Gasteiger partial charge in [0.2, 0.25) is 5.83 Å². The lowest BCUT2D eigenvalue weighted by Crippen LogP contribution is -1.93. The van der Waals surface area contributed by atoms with Crippen LogP contribution in [0, 0.1) is 6.92 Å². The predicted molar refractivity (Wildman–Crippen MR) is 47.9 cm³/mol. The summed E-state index contributed by atoms with van der Waals surface area (Å²) in [5.41, 5.74) is 1.52. The molecular formula is C10H9FO2. The molecule has 3 heteroatoms. The van der Waals surface area contributed by atoms with Crippen molar-refractivity contribution in [2.24, 2.45) is 0 Å². The van der Waals surface area contributed by atoms with Gasteiger partial charge in [-0.15, -0.1) is 0 Å². The minimum absolute atomic E-state index is 0.555. The molecular weight excluding hydrogens is 171 g/mol. The number of aryl methyl sites for hydroxylation is 1. The minimum atomic E-state index is -1.54.